The van der Waals surface area contributed by atoms with Crippen LogP contribution in [0.5, 0.6) is 0 Å². The van der Waals surface area contributed by atoms with E-state index in [2.05, 4.69) is 10.3 Å². The molecule has 2 aliphatic carbocycles. The topological polar surface area (TPSA) is 59.8 Å². The van der Waals surface area contributed by atoms with Crippen molar-refractivity contribution in [3.8, 4) is 22.4 Å². The zero-order chi connectivity index (χ0) is 20.9. The zero-order valence-electron chi connectivity index (χ0n) is 16.0. The number of carbonyl (C=O) groups is 1. The molecule has 2 saturated carbocycles. The van der Waals surface area contributed by atoms with Gasteiger partial charge in [0.25, 0.3) is 0 Å². The summed E-state index contributed by atoms with van der Waals surface area (Å²) in [6, 6.07) is 9.93. The Morgan fingerprint density at radius 2 is 1.93 bits per heavy atom. The highest BCUT2D eigenvalue weighted by Crippen LogP contribution is 2.54. The van der Waals surface area contributed by atoms with Crippen molar-refractivity contribution in [1.82, 2.24) is 14.8 Å². The Bertz CT molecular complexity index is 1110. The fourth-order valence-corrected chi connectivity index (χ4v) is 3.99. The quantitative estimate of drug-likeness (QED) is 0.525. The van der Waals surface area contributed by atoms with Gasteiger partial charge in [-0.25, -0.2) is 9.37 Å². The lowest BCUT2D eigenvalue weighted by molar-refractivity contribution is -0.117. The van der Waals surface area contributed by atoms with E-state index in [0.717, 1.165) is 41.6 Å². The van der Waals surface area contributed by atoms with Crippen molar-refractivity contribution in [3.63, 3.8) is 0 Å². The van der Waals surface area contributed by atoms with Crippen LogP contribution in [0.1, 0.15) is 19.3 Å². The Hall–Kier alpha value is -2.44. The first kappa shape index (κ1) is 19.5. The molecule has 0 aliphatic heterocycles. The molecule has 1 unspecified atom stereocenters. The molecule has 8 heteroatoms. The monoisotopic (exact) mass is 444 g/mol. The molecule has 1 atom stereocenters. The van der Waals surface area contributed by atoms with Crippen LogP contribution in [0.3, 0.4) is 0 Å². The van der Waals surface area contributed by atoms with Crippen molar-refractivity contribution < 1.29 is 9.18 Å². The summed E-state index contributed by atoms with van der Waals surface area (Å²) in [5.74, 6) is 0.437. The number of nitrogens with zero attached hydrogens (tertiary/aromatic N) is 3. The molecule has 154 valence electrons. The molecule has 2 fully saturated rings. The van der Waals surface area contributed by atoms with Gasteiger partial charge in [0.15, 0.2) is 0 Å². The third-order valence-electron chi connectivity index (χ3n) is 5.51. The van der Waals surface area contributed by atoms with Crippen molar-refractivity contribution in [2.24, 2.45) is 11.8 Å². The fourth-order valence-electron chi connectivity index (χ4n) is 3.48. The van der Waals surface area contributed by atoms with Crippen LogP contribution in [-0.2, 0) is 11.3 Å². The second-order valence-corrected chi connectivity index (χ2v) is 9.52. The maximum absolute atomic E-state index is 13.4. The molecule has 2 heterocycles. The van der Waals surface area contributed by atoms with Gasteiger partial charge in [0, 0.05) is 41.9 Å². The number of benzene rings is 1. The Morgan fingerprint density at radius 3 is 2.60 bits per heavy atom. The smallest absolute Gasteiger partial charge is 0.228 e. The molecule has 1 amide bonds. The van der Waals surface area contributed by atoms with E-state index in [9.17, 15) is 9.18 Å². The van der Waals surface area contributed by atoms with Crippen LogP contribution in [0.15, 0.2) is 48.8 Å². The highest BCUT2D eigenvalue weighted by molar-refractivity contribution is 6.50. The summed E-state index contributed by atoms with van der Waals surface area (Å²) < 4.78 is 14.6. The van der Waals surface area contributed by atoms with Gasteiger partial charge in [-0.15, -0.1) is 23.2 Å². The maximum atomic E-state index is 13.4. The molecule has 5 rings (SSSR count). The number of aromatic nitrogens is 3. The summed E-state index contributed by atoms with van der Waals surface area (Å²) in [5, 5.41) is 7.61. The standard InChI is InChI=1S/C22H19Cl2FN4O/c23-22(24)10-16(22)11-29-12-18(20(28-29)13-3-5-17(25)6-4-13)15-7-8-26-19(9-15)27-21(30)14-1-2-14/h3-9,12,14,16H,1-2,10-11H2,(H,26,27,30). The van der Waals surface area contributed by atoms with Crippen molar-refractivity contribution in [2.75, 3.05) is 5.32 Å². The van der Waals surface area contributed by atoms with Gasteiger partial charge >= 0.3 is 0 Å². The Kier molecular flexibility index (Phi) is 4.79. The van der Waals surface area contributed by atoms with E-state index >= 15 is 0 Å². The third-order valence-corrected chi connectivity index (χ3v) is 6.44. The third kappa shape index (κ3) is 4.07. The number of anilines is 1. The van der Waals surface area contributed by atoms with Crippen LogP contribution in [-0.4, -0.2) is 25.0 Å². The molecular formula is C22H19Cl2FN4O. The highest BCUT2D eigenvalue weighted by Gasteiger charge is 2.51. The van der Waals surface area contributed by atoms with Gasteiger partial charge in [-0.3, -0.25) is 9.48 Å². The maximum Gasteiger partial charge on any atom is 0.228 e. The van der Waals surface area contributed by atoms with Crippen molar-refractivity contribution in [3.05, 3.63) is 54.6 Å². The number of halogens is 3. The summed E-state index contributed by atoms with van der Waals surface area (Å²) in [6.45, 7) is 0.595. The summed E-state index contributed by atoms with van der Waals surface area (Å²) >= 11 is 12.4. The zero-order valence-corrected chi connectivity index (χ0v) is 17.5. The van der Waals surface area contributed by atoms with E-state index in [4.69, 9.17) is 28.3 Å². The molecule has 2 aromatic heterocycles. The average molecular weight is 445 g/mol. The molecule has 0 radical (unpaired) electrons. The van der Waals surface area contributed by atoms with E-state index in [0.29, 0.717) is 12.4 Å². The molecule has 3 aromatic rings. The second-order valence-electron chi connectivity index (χ2n) is 7.98. The van der Waals surface area contributed by atoms with Gasteiger partial charge in [0.05, 0.1) is 0 Å². The van der Waals surface area contributed by atoms with E-state index in [-0.39, 0.29) is 23.6 Å². The minimum atomic E-state index is -0.695. The number of hydrogen-bond donors (Lipinski definition) is 1. The van der Waals surface area contributed by atoms with Gasteiger partial charge in [0.2, 0.25) is 5.91 Å². The SMILES string of the molecule is O=C(Nc1cc(-c2cn(CC3CC3(Cl)Cl)nc2-c2ccc(F)cc2)ccn1)C1CC1. The van der Waals surface area contributed by atoms with Crippen molar-refractivity contribution in [2.45, 2.75) is 30.1 Å². The van der Waals surface area contributed by atoms with Gasteiger partial charge in [-0.1, -0.05) is 0 Å². The lowest BCUT2D eigenvalue weighted by Gasteiger charge is -2.07. The van der Waals surface area contributed by atoms with Gasteiger partial charge in [-0.05, 0) is 61.2 Å². The minimum Gasteiger partial charge on any atom is -0.310 e. The van der Waals surface area contributed by atoms with E-state index in [1.54, 1.807) is 18.3 Å². The first-order valence-electron chi connectivity index (χ1n) is 9.87. The van der Waals surface area contributed by atoms with Gasteiger partial charge in [-0.2, -0.15) is 5.10 Å². The van der Waals surface area contributed by atoms with E-state index in [1.165, 1.54) is 12.1 Å². The predicted octanol–water partition coefficient (Wildman–Crippen LogP) is 5.29. The number of amides is 1. The predicted molar refractivity (Wildman–Crippen MR) is 115 cm³/mol. The highest BCUT2D eigenvalue weighted by atomic mass is 35.5. The normalized spacial score (nSPS) is 19.5. The van der Waals surface area contributed by atoms with Crippen LogP contribution < -0.4 is 5.32 Å². The Labute approximate surface area is 183 Å². The number of pyridine rings is 1. The van der Waals surface area contributed by atoms with Crippen LogP contribution in [0.25, 0.3) is 22.4 Å². The first-order valence-corrected chi connectivity index (χ1v) is 10.6. The van der Waals surface area contributed by atoms with E-state index in [1.807, 2.05) is 23.0 Å². The largest absolute Gasteiger partial charge is 0.310 e. The first-order chi connectivity index (χ1) is 14.4. The number of hydrogen-bond acceptors (Lipinski definition) is 3. The molecule has 0 bridgehead atoms. The number of alkyl halides is 2. The lowest BCUT2D eigenvalue weighted by atomic mass is 10.0. The molecule has 2 aliphatic rings. The molecule has 1 aromatic carbocycles. The van der Waals surface area contributed by atoms with Crippen molar-refractivity contribution in [1.29, 1.82) is 0 Å². The molecule has 30 heavy (non-hydrogen) atoms. The Morgan fingerprint density at radius 1 is 1.20 bits per heavy atom. The van der Waals surface area contributed by atoms with Crippen LogP contribution in [0, 0.1) is 17.7 Å². The van der Waals surface area contributed by atoms with Crippen LogP contribution >= 0.6 is 23.2 Å². The van der Waals surface area contributed by atoms with Crippen LogP contribution in [0.4, 0.5) is 10.2 Å². The van der Waals surface area contributed by atoms with E-state index < -0.39 is 4.33 Å². The number of nitrogens with one attached hydrogen (secondary N) is 1. The number of rotatable bonds is 6. The summed E-state index contributed by atoms with van der Waals surface area (Å²) in [7, 11) is 0. The van der Waals surface area contributed by atoms with Crippen molar-refractivity contribution >= 4 is 34.9 Å². The lowest BCUT2D eigenvalue weighted by Crippen LogP contribution is -2.14. The molecule has 5 nitrogen and oxygen atoms in total. The minimum absolute atomic E-state index is 0.00315. The second kappa shape index (κ2) is 7.36. The average Bonchev–Trinajstić information content (AvgIpc) is 3.61. The summed E-state index contributed by atoms with van der Waals surface area (Å²) in [6.07, 6.45) is 6.17. The van der Waals surface area contributed by atoms with Gasteiger partial charge < -0.3 is 5.32 Å². The molecule has 1 N–H and O–H groups in total. The van der Waals surface area contributed by atoms with Crippen LogP contribution in [0.2, 0.25) is 0 Å². The van der Waals surface area contributed by atoms with Gasteiger partial charge in [0.1, 0.15) is 21.7 Å². The molecular weight excluding hydrogens is 426 g/mol. The molecule has 0 spiro atoms. The number of carbonyl (C=O) groups excluding carboxylic acids is 1. The summed E-state index contributed by atoms with van der Waals surface area (Å²) in [4.78, 5) is 16.4. The molecule has 0 saturated heterocycles. The Balaban J connectivity index is 1.50. The summed E-state index contributed by atoms with van der Waals surface area (Å²) in [5.41, 5.74) is 3.24. The fraction of sp³-hybridized carbons (Fsp3) is 0.318.